The number of fused-ring (bicyclic) bond motifs is 3. The zero-order valence-electron chi connectivity index (χ0n) is 29.7. The summed E-state index contributed by atoms with van der Waals surface area (Å²) in [6.07, 6.45) is -0.159. The Labute approximate surface area is 326 Å². The van der Waals surface area contributed by atoms with Gasteiger partial charge in [-0.1, -0.05) is 105 Å². The SMILES string of the molecule is CC(C)Oc1ccc(Br)cc1C(=O)Nc1ccc(C2(c3ccc(NC(=O)c4cc(Br)ccc4OC(C)C)cc3)c3ccccc3-c3ccccc32)cc1. The van der Waals surface area contributed by atoms with Gasteiger partial charge in [0, 0.05) is 20.3 Å². The number of amides is 2. The van der Waals surface area contributed by atoms with Gasteiger partial charge in [0.15, 0.2) is 0 Å². The molecule has 0 heterocycles. The molecular weight excluding hydrogens is 792 g/mol. The van der Waals surface area contributed by atoms with E-state index in [-0.39, 0.29) is 24.0 Å². The maximum atomic E-state index is 13.6. The lowest BCUT2D eigenvalue weighted by molar-refractivity contribution is 0.101. The van der Waals surface area contributed by atoms with E-state index in [0.29, 0.717) is 34.0 Å². The normalized spacial score (nSPS) is 12.6. The van der Waals surface area contributed by atoms with Crippen molar-refractivity contribution < 1.29 is 19.1 Å². The first-order valence-corrected chi connectivity index (χ1v) is 19.1. The van der Waals surface area contributed by atoms with Crippen LogP contribution in [-0.4, -0.2) is 24.0 Å². The van der Waals surface area contributed by atoms with Crippen molar-refractivity contribution in [2.24, 2.45) is 0 Å². The molecule has 0 aliphatic heterocycles. The van der Waals surface area contributed by atoms with Crippen LogP contribution in [0.15, 0.2) is 142 Å². The molecule has 7 rings (SSSR count). The highest BCUT2D eigenvalue weighted by Crippen LogP contribution is 2.56. The molecule has 0 saturated carbocycles. The number of hydrogen-bond donors (Lipinski definition) is 2. The van der Waals surface area contributed by atoms with E-state index in [1.807, 2.05) is 64.1 Å². The summed E-state index contributed by atoms with van der Waals surface area (Å²) in [4.78, 5) is 27.1. The van der Waals surface area contributed by atoms with Crippen LogP contribution in [0.4, 0.5) is 11.4 Å². The first kappa shape index (κ1) is 36.2. The quantitative estimate of drug-likeness (QED) is 0.144. The zero-order chi connectivity index (χ0) is 37.3. The van der Waals surface area contributed by atoms with Gasteiger partial charge in [0.2, 0.25) is 0 Å². The fraction of sp³-hybridized carbons (Fsp3) is 0.156. The van der Waals surface area contributed by atoms with Gasteiger partial charge in [-0.3, -0.25) is 9.59 Å². The third-order valence-corrected chi connectivity index (χ3v) is 10.2. The van der Waals surface area contributed by atoms with Crippen LogP contribution in [0.5, 0.6) is 11.5 Å². The highest BCUT2D eigenvalue weighted by molar-refractivity contribution is 9.10. The van der Waals surface area contributed by atoms with Gasteiger partial charge in [0.05, 0.1) is 28.7 Å². The van der Waals surface area contributed by atoms with E-state index in [2.05, 4.69) is 115 Å². The Morgan fingerprint density at radius 2 is 0.906 bits per heavy atom. The Hall–Kier alpha value is -5.18. The topological polar surface area (TPSA) is 76.7 Å². The van der Waals surface area contributed by atoms with Gasteiger partial charge in [-0.2, -0.15) is 0 Å². The second kappa shape index (κ2) is 15.0. The summed E-state index contributed by atoms with van der Waals surface area (Å²) >= 11 is 6.99. The summed E-state index contributed by atoms with van der Waals surface area (Å²) in [7, 11) is 0. The summed E-state index contributed by atoms with van der Waals surface area (Å²) in [5.74, 6) is 0.529. The predicted molar refractivity (Wildman–Crippen MR) is 219 cm³/mol. The average molecular weight is 831 g/mol. The summed E-state index contributed by atoms with van der Waals surface area (Å²) in [6, 6.07) is 44.0. The van der Waals surface area contributed by atoms with E-state index < -0.39 is 5.41 Å². The molecule has 0 aromatic heterocycles. The molecule has 6 nitrogen and oxygen atoms in total. The van der Waals surface area contributed by atoms with Crippen LogP contribution >= 0.6 is 31.9 Å². The number of nitrogens with one attached hydrogen (secondary N) is 2. The highest BCUT2D eigenvalue weighted by Gasteiger charge is 2.45. The lowest BCUT2D eigenvalue weighted by Crippen LogP contribution is -2.28. The summed E-state index contributed by atoms with van der Waals surface area (Å²) in [6.45, 7) is 7.74. The van der Waals surface area contributed by atoms with Gasteiger partial charge in [-0.25, -0.2) is 0 Å². The largest absolute Gasteiger partial charge is 0.490 e. The Kier molecular flexibility index (Phi) is 10.3. The average Bonchev–Trinajstić information content (AvgIpc) is 3.44. The lowest BCUT2D eigenvalue weighted by atomic mass is 9.67. The van der Waals surface area contributed by atoms with Crippen molar-refractivity contribution in [2.75, 3.05) is 10.6 Å². The van der Waals surface area contributed by atoms with Crippen molar-refractivity contribution in [3.05, 3.63) is 176 Å². The predicted octanol–water partition coefficient (Wildman–Crippen LogP) is 11.7. The second-order valence-electron chi connectivity index (χ2n) is 13.5. The molecule has 6 aromatic rings. The van der Waals surface area contributed by atoms with Crippen LogP contribution in [0.2, 0.25) is 0 Å². The van der Waals surface area contributed by atoms with Crippen LogP contribution in [0.25, 0.3) is 11.1 Å². The molecule has 1 aliphatic rings. The van der Waals surface area contributed by atoms with Gasteiger partial charge in [0.25, 0.3) is 11.8 Å². The number of anilines is 2. The van der Waals surface area contributed by atoms with Crippen LogP contribution in [-0.2, 0) is 5.41 Å². The molecule has 6 aromatic carbocycles. The minimum absolute atomic E-state index is 0.0795. The third-order valence-electron chi connectivity index (χ3n) is 9.20. The first-order valence-electron chi connectivity index (χ1n) is 17.5. The van der Waals surface area contributed by atoms with Crippen molar-refractivity contribution in [3.63, 3.8) is 0 Å². The molecular formula is C45H38Br2N2O4. The standard InChI is InChI=1S/C45H38Br2N2O4/c1-27(2)52-41-23-17-31(46)25-37(41)43(50)48-33-19-13-29(14-20-33)45(39-11-7-5-9-35(39)36-10-6-8-12-40(36)45)30-15-21-34(22-16-30)49-44(51)38-26-32(47)18-24-42(38)53-28(3)4/h5-28H,1-4H3,(H,48,50)(H,49,51). The summed E-state index contributed by atoms with van der Waals surface area (Å²) < 4.78 is 13.5. The van der Waals surface area contributed by atoms with Gasteiger partial charge in [-0.05, 0) is 122 Å². The molecule has 2 amide bonds. The van der Waals surface area contributed by atoms with Crippen molar-refractivity contribution in [2.45, 2.75) is 45.3 Å². The molecule has 0 radical (unpaired) electrons. The zero-order valence-corrected chi connectivity index (χ0v) is 32.9. The molecule has 8 heteroatoms. The molecule has 2 N–H and O–H groups in total. The maximum Gasteiger partial charge on any atom is 0.259 e. The second-order valence-corrected chi connectivity index (χ2v) is 15.3. The number of rotatable bonds is 10. The molecule has 0 unspecified atom stereocenters. The number of carbonyl (C=O) groups is 2. The molecule has 266 valence electrons. The van der Waals surface area contributed by atoms with Crippen molar-refractivity contribution >= 4 is 55.0 Å². The first-order chi connectivity index (χ1) is 25.5. The van der Waals surface area contributed by atoms with Gasteiger partial charge in [-0.15, -0.1) is 0 Å². The number of hydrogen-bond acceptors (Lipinski definition) is 4. The fourth-order valence-corrected chi connectivity index (χ4v) is 7.82. The van der Waals surface area contributed by atoms with Crippen LogP contribution in [0.1, 0.15) is 70.7 Å². The Balaban J connectivity index is 1.25. The number of carbonyl (C=O) groups excluding carboxylic acids is 2. The number of benzene rings is 6. The highest BCUT2D eigenvalue weighted by atomic mass is 79.9. The van der Waals surface area contributed by atoms with E-state index in [0.717, 1.165) is 42.3 Å². The monoisotopic (exact) mass is 828 g/mol. The molecule has 0 fully saturated rings. The van der Waals surface area contributed by atoms with E-state index in [1.54, 1.807) is 24.3 Å². The number of ether oxygens (including phenoxy) is 2. The fourth-order valence-electron chi connectivity index (χ4n) is 7.10. The Morgan fingerprint density at radius 3 is 1.28 bits per heavy atom. The minimum atomic E-state index is -0.663. The van der Waals surface area contributed by atoms with Gasteiger partial charge >= 0.3 is 0 Å². The third kappa shape index (κ3) is 7.13. The Bertz CT molecular complexity index is 2150. The molecule has 0 atom stereocenters. The van der Waals surface area contributed by atoms with Crippen molar-refractivity contribution in [1.29, 1.82) is 0 Å². The van der Waals surface area contributed by atoms with Crippen molar-refractivity contribution in [3.8, 4) is 22.6 Å². The molecule has 0 bridgehead atoms. The molecule has 53 heavy (non-hydrogen) atoms. The summed E-state index contributed by atoms with van der Waals surface area (Å²) in [5.41, 5.74) is 8.28. The van der Waals surface area contributed by atoms with Gasteiger partial charge < -0.3 is 20.1 Å². The molecule has 1 aliphatic carbocycles. The van der Waals surface area contributed by atoms with E-state index >= 15 is 0 Å². The van der Waals surface area contributed by atoms with Crippen LogP contribution < -0.4 is 20.1 Å². The summed E-state index contributed by atoms with van der Waals surface area (Å²) in [5, 5.41) is 6.14. The maximum absolute atomic E-state index is 13.6. The van der Waals surface area contributed by atoms with E-state index in [9.17, 15) is 9.59 Å². The lowest BCUT2D eigenvalue weighted by Gasteiger charge is -2.34. The Morgan fingerprint density at radius 1 is 0.528 bits per heavy atom. The molecule has 0 saturated heterocycles. The smallest absolute Gasteiger partial charge is 0.259 e. The molecule has 0 spiro atoms. The van der Waals surface area contributed by atoms with E-state index in [4.69, 9.17) is 9.47 Å². The van der Waals surface area contributed by atoms with Crippen molar-refractivity contribution in [1.82, 2.24) is 0 Å². The minimum Gasteiger partial charge on any atom is -0.490 e. The van der Waals surface area contributed by atoms with E-state index in [1.165, 1.54) is 0 Å². The number of halogens is 2. The van der Waals surface area contributed by atoms with Crippen LogP contribution in [0, 0.1) is 0 Å². The van der Waals surface area contributed by atoms with Gasteiger partial charge in [0.1, 0.15) is 11.5 Å². The van der Waals surface area contributed by atoms with Crippen LogP contribution in [0.3, 0.4) is 0 Å².